The molecule has 1 aromatic carbocycles. The normalized spacial score (nSPS) is 13.2. The maximum Gasteiger partial charge on any atom is 0.267 e. The fourth-order valence-electron chi connectivity index (χ4n) is 3.89. The number of hydrogen-bond acceptors (Lipinski definition) is 4. The van der Waals surface area contributed by atoms with Crippen molar-refractivity contribution in [3.63, 3.8) is 0 Å². The number of hydrogen-bond donors (Lipinski definition) is 2. The summed E-state index contributed by atoms with van der Waals surface area (Å²) in [5.74, 6) is -0.390. The van der Waals surface area contributed by atoms with Crippen LogP contribution in [-0.2, 0) is 0 Å². The first kappa shape index (κ1) is 21.5. The Hall–Kier alpha value is -3.74. The second kappa shape index (κ2) is 8.42. The fourth-order valence-corrected chi connectivity index (χ4v) is 3.89. The number of pyridine rings is 2. The van der Waals surface area contributed by atoms with Gasteiger partial charge in [0.05, 0.1) is 17.0 Å². The van der Waals surface area contributed by atoms with Crippen LogP contribution in [-0.4, -0.2) is 19.9 Å². The Kier molecular flexibility index (Phi) is 5.65. The van der Waals surface area contributed by atoms with Gasteiger partial charge in [0.2, 0.25) is 0 Å². The number of rotatable bonds is 5. The number of amides is 1. The molecule has 2 atom stereocenters. The summed E-state index contributed by atoms with van der Waals surface area (Å²) >= 11 is 0. The lowest BCUT2D eigenvalue weighted by Crippen LogP contribution is -2.36. The molecule has 0 unspecified atom stereocenters. The molecule has 3 heterocycles. The van der Waals surface area contributed by atoms with Crippen LogP contribution in [0, 0.1) is 12.3 Å². The Morgan fingerprint density at radius 3 is 2.56 bits per heavy atom. The minimum Gasteiger partial charge on any atom is -0.345 e. The van der Waals surface area contributed by atoms with Crippen molar-refractivity contribution in [1.82, 2.24) is 19.3 Å². The number of carbonyl (C=O) groups is 1. The van der Waals surface area contributed by atoms with Crippen molar-refractivity contribution >= 4 is 22.6 Å². The Balaban J connectivity index is 1.93. The van der Waals surface area contributed by atoms with Crippen LogP contribution in [0.5, 0.6) is 0 Å². The molecule has 4 rings (SSSR count). The number of aromatic nitrogens is 3. The molecule has 4 aromatic rings. The summed E-state index contributed by atoms with van der Waals surface area (Å²) < 4.78 is 3.19. The third-order valence-corrected chi connectivity index (χ3v) is 5.92. The van der Waals surface area contributed by atoms with Gasteiger partial charge in [-0.25, -0.2) is 4.98 Å². The zero-order chi connectivity index (χ0) is 23.0. The van der Waals surface area contributed by atoms with E-state index in [4.69, 9.17) is 10.4 Å². The monoisotopic (exact) mass is 429 g/mol. The molecule has 3 aromatic heterocycles. The molecule has 1 amide bonds. The summed E-state index contributed by atoms with van der Waals surface area (Å²) in [5.41, 5.74) is 2.79. The number of aryl methyl sites for hydroxylation is 1. The molecule has 0 radical (unpaired) electrons. The predicted molar refractivity (Wildman–Crippen MR) is 125 cm³/mol. The van der Waals surface area contributed by atoms with Crippen LogP contribution in [0.2, 0.25) is 0 Å². The quantitative estimate of drug-likeness (QED) is 0.471. The fraction of sp³-hybridized carbons (Fsp3) is 0.280. The zero-order valence-corrected chi connectivity index (χ0v) is 18.7. The van der Waals surface area contributed by atoms with Crippen LogP contribution >= 0.6 is 0 Å². The van der Waals surface area contributed by atoms with E-state index in [2.05, 4.69) is 5.32 Å². The molecule has 7 nitrogen and oxygen atoms in total. The first-order valence-corrected chi connectivity index (χ1v) is 10.8. The molecule has 0 bridgehead atoms. The van der Waals surface area contributed by atoms with Gasteiger partial charge in [0, 0.05) is 12.2 Å². The number of benzene rings is 1. The molecule has 0 aliphatic rings. The highest BCUT2D eigenvalue weighted by molar-refractivity contribution is 5.97. The maximum atomic E-state index is 13.3. The summed E-state index contributed by atoms with van der Waals surface area (Å²) in [6, 6.07) is 14.5. The highest BCUT2D eigenvalue weighted by Gasteiger charge is 2.21. The summed E-state index contributed by atoms with van der Waals surface area (Å²) in [6.07, 6.45) is 2.47. The van der Waals surface area contributed by atoms with Gasteiger partial charge < -0.3 is 9.88 Å². The molecule has 0 aliphatic heterocycles. The molecular weight excluding hydrogens is 402 g/mol. The summed E-state index contributed by atoms with van der Waals surface area (Å²) in [7, 11) is 0. The van der Waals surface area contributed by atoms with E-state index in [0.29, 0.717) is 16.7 Å². The van der Waals surface area contributed by atoms with Crippen LogP contribution in [0.4, 0.5) is 0 Å². The average molecular weight is 430 g/mol. The smallest absolute Gasteiger partial charge is 0.267 e. The van der Waals surface area contributed by atoms with Gasteiger partial charge in [0.15, 0.2) is 0 Å². The van der Waals surface area contributed by atoms with E-state index in [1.807, 2.05) is 64.1 Å². The van der Waals surface area contributed by atoms with Crippen molar-refractivity contribution in [3.8, 4) is 0 Å². The Morgan fingerprint density at radius 2 is 1.88 bits per heavy atom. The third kappa shape index (κ3) is 3.70. The first-order valence-electron chi connectivity index (χ1n) is 10.8. The highest BCUT2D eigenvalue weighted by Crippen LogP contribution is 2.18. The van der Waals surface area contributed by atoms with E-state index >= 15 is 0 Å². The van der Waals surface area contributed by atoms with Crippen molar-refractivity contribution in [2.24, 2.45) is 0 Å². The molecule has 0 spiro atoms. The van der Waals surface area contributed by atoms with E-state index in [-0.39, 0.29) is 34.6 Å². The molecule has 2 N–H and O–H groups in total. The molecule has 0 fully saturated rings. The summed E-state index contributed by atoms with van der Waals surface area (Å²) in [5, 5.41) is 12.1. The number of fused-ring (bicyclic) bond motifs is 2. The zero-order valence-electron chi connectivity index (χ0n) is 18.7. The third-order valence-electron chi connectivity index (χ3n) is 5.92. The topological polar surface area (TPSA) is 92.2 Å². The van der Waals surface area contributed by atoms with Crippen LogP contribution in [0.3, 0.4) is 0 Å². The van der Waals surface area contributed by atoms with E-state index in [9.17, 15) is 9.59 Å². The number of carbonyl (C=O) groups excluding carboxylic acids is 1. The second-order valence-electron chi connectivity index (χ2n) is 8.23. The lowest BCUT2D eigenvalue weighted by atomic mass is 10.1. The van der Waals surface area contributed by atoms with Gasteiger partial charge in [0.25, 0.3) is 11.5 Å². The SMILES string of the molecule is CC[C@H](C)n1c(=N)c(C(=O)N[C@@H](C)c2ccccc2)cc2c(=O)n3cc(C)ccc3nc21. The number of nitrogens with zero attached hydrogens (tertiary/aromatic N) is 3. The van der Waals surface area contributed by atoms with Gasteiger partial charge in [-0.05, 0) is 50.5 Å². The lowest BCUT2D eigenvalue weighted by Gasteiger charge is -2.20. The van der Waals surface area contributed by atoms with E-state index in [0.717, 1.165) is 17.5 Å². The van der Waals surface area contributed by atoms with Gasteiger partial charge in [-0.3, -0.25) is 19.4 Å². The first-order chi connectivity index (χ1) is 15.3. The molecular formula is C25H27N5O2. The summed E-state index contributed by atoms with van der Waals surface area (Å²) in [4.78, 5) is 31.3. The molecule has 0 aliphatic carbocycles. The predicted octanol–water partition coefficient (Wildman–Crippen LogP) is 3.90. The maximum absolute atomic E-state index is 13.3. The minimum absolute atomic E-state index is 0.0490. The minimum atomic E-state index is -0.390. The Labute approximate surface area is 185 Å². The van der Waals surface area contributed by atoms with E-state index in [1.54, 1.807) is 16.8 Å². The average Bonchev–Trinajstić information content (AvgIpc) is 2.79. The lowest BCUT2D eigenvalue weighted by molar-refractivity contribution is 0.0937. The van der Waals surface area contributed by atoms with Crippen molar-refractivity contribution in [3.05, 3.63) is 87.3 Å². The molecule has 32 heavy (non-hydrogen) atoms. The van der Waals surface area contributed by atoms with Crippen LogP contribution in [0.25, 0.3) is 16.7 Å². The van der Waals surface area contributed by atoms with Crippen LogP contribution < -0.4 is 16.4 Å². The van der Waals surface area contributed by atoms with Crippen molar-refractivity contribution in [1.29, 1.82) is 5.41 Å². The largest absolute Gasteiger partial charge is 0.345 e. The van der Waals surface area contributed by atoms with E-state index < -0.39 is 0 Å². The van der Waals surface area contributed by atoms with Crippen LogP contribution in [0.1, 0.15) is 60.8 Å². The van der Waals surface area contributed by atoms with Crippen molar-refractivity contribution in [2.75, 3.05) is 0 Å². The number of nitrogens with one attached hydrogen (secondary N) is 2. The molecule has 7 heteroatoms. The van der Waals surface area contributed by atoms with Gasteiger partial charge in [-0.2, -0.15) is 0 Å². The van der Waals surface area contributed by atoms with Gasteiger partial charge in [-0.15, -0.1) is 0 Å². The van der Waals surface area contributed by atoms with Gasteiger partial charge in [0.1, 0.15) is 16.8 Å². The highest BCUT2D eigenvalue weighted by atomic mass is 16.2. The standard InChI is InChI=1S/C25H27N5O2/c1-5-16(3)30-22(26)19(24(31)27-17(4)18-9-7-6-8-10-18)13-20-23(30)28-21-12-11-15(2)14-29(21)25(20)32/h6-14,16-17,26H,5H2,1-4H3,(H,27,31)/t16-,17-/m0/s1. The Morgan fingerprint density at radius 1 is 1.16 bits per heavy atom. The summed E-state index contributed by atoms with van der Waals surface area (Å²) in [6.45, 7) is 7.77. The van der Waals surface area contributed by atoms with Crippen LogP contribution in [0.15, 0.2) is 59.5 Å². The molecule has 0 saturated heterocycles. The van der Waals surface area contributed by atoms with E-state index in [1.165, 1.54) is 10.5 Å². The van der Waals surface area contributed by atoms with Crippen molar-refractivity contribution in [2.45, 2.75) is 46.2 Å². The van der Waals surface area contributed by atoms with Gasteiger partial charge >= 0.3 is 0 Å². The molecule has 0 saturated carbocycles. The molecule has 164 valence electrons. The Bertz CT molecular complexity index is 1440. The van der Waals surface area contributed by atoms with Gasteiger partial charge in [-0.1, -0.05) is 43.3 Å². The van der Waals surface area contributed by atoms with Crippen molar-refractivity contribution < 1.29 is 4.79 Å². The second-order valence-corrected chi connectivity index (χ2v) is 8.23.